The average Bonchev–Trinajstić information content (AvgIpc) is 3.92. The second-order valence-electron chi connectivity index (χ2n) is 14.3. The summed E-state index contributed by atoms with van der Waals surface area (Å²) in [5, 5.41) is 27.0. The number of non-ortho nitro benzene ring substituents is 2. The first kappa shape index (κ1) is 37.2. The maximum absolute atomic E-state index is 12.0. The smallest absolute Gasteiger partial charge is 0.270 e. The highest BCUT2D eigenvalue weighted by Gasteiger charge is 2.25. The van der Waals surface area contributed by atoms with Gasteiger partial charge >= 0.3 is 0 Å². The van der Waals surface area contributed by atoms with E-state index in [-0.39, 0.29) is 23.0 Å². The Balaban J connectivity index is 1.38. The molecule has 2 aliphatic heterocycles. The van der Waals surface area contributed by atoms with Gasteiger partial charge in [-0.05, 0) is 76.7 Å². The summed E-state index contributed by atoms with van der Waals surface area (Å²) in [6.07, 6.45) is 0. The lowest BCUT2D eigenvalue weighted by atomic mass is 10.1. The van der Waals surface area contributed by atoms with E-state index in [2.05, 4.69) is 19.8 Å². The molecule has 0 spiro atoms. The fraction of sp³-hybridized carbons (Fsp3) is 0.200. The summed E-state index contributed by atoms with van der Waals surface area (Å²) in [5.74, 6) is 2.85. The Hall–Kier alpha value is -6.34. The molecule has 0 amide bonds. The number of hydrogen-bond acceptors (Lipinski definition) is 14. The highest BCUT2D eigenvalue weighted by Crippen LogP contribution is 2.40. The van der Waals surface area contributed by atoms with E-state index >= 15 is 0 Å². The van der Waals surface area contributed by atoms with E-state index < -0.39 is 9.85 Å². The molecule has 9 rings (SSSR count). The summed E-state index contributed by atoms with van der Waals surface area (Å²) < 4.78 is 0. The summed E-state index contributed by atoms with van der Waals surface area (Å²) >= 11 is 3.42. The second kappa shape index (κ2) is 14.9. The largest absolute Gasteiger partial charge is 0.324 e. The Labute approximate surface area is 338 Å². The molecule has 7 aromatic rings. The number of nitro groups is 2. The quantitative estimate of drug-likeness (QED) is 0.0764. The lowest BCUT2D eigenvalue weighted by molar-refractivity contribution is -0.385. The van der Waals surface area contributed by atoms with Crippen LogP contribution in [0.5, 0.6) is 0 Å². The maximum atomic E-state index is 12.0. The molecule has 16 nitrogen and oxygen atoms in total. The Morgan fingerprint density at radius 2 is 0.879 bits per heavy atom. The van der Waals surface area contributed by atoms with Crippen molar-refractivity contribution < 1.29 is 9.85 Å². The Morgan fingerprint density at radius 3 is 1.26 bits per heavy atom. The lowest BCUT2D eigenvalue weighted by Crippen LogP contribution is -2.14. The number of nitrogens with zero attached hydrogens (tertiary/aromatic N) is 10. The zero-order valence-corrected chi connectivity index (χ0v) is 33.3. The van der Waals surface area contributed by atoms with Crippen molar-refractivity contribution >= 4 is 79.0 Å². The molecule has 2 aliphatic rings. The van der Waals surface area contributed by atoms with Crippen LogP contribution >= 0.6 is 23.5 Å². The maximum Gasteiger partial charge on any atom is 0.270 e. The molecule has 0 radical (unpaired) electrons. The predicted molar refractivity (Wildman–Crippen MR) is 228 cm³/mol. The van der Waals surface area contributed by atoms with Gasteiger partial charge in [-0.1, -0.05) is 0 Å². The SMILES string of the molecule is CN(C)CCSc1ccc2c3nc4nc(nc5[nH]c(nc6nc(nc([nH]3)c2c1)-c1ccc([N+](=O)[O-])cc1-6)c1cc(SCCN(C)C)ccc51)-c1ccc([N+](=O)[O-])cc1-4. The summed E-state index contributed by atoms with van der Waals surface area (Å²) in [4.78, 5) is 66.0. The Morgan fingerprint density at radius 1 is 0.500 bits per heavy atom. The number of nitro benzene ring substituents is 2. The molecule has 0 fully saturated rings. The first-order valence-electron chi connectivity index (χ1n) is 18.2. The van der Waals surface area contributed by atoms with Gasteiger partial charge in [0.25, 0.3) is 11.4 Å². The minimum absolute atomic E-state index is 0.101. The number of nitrogens with one attached hydrogen (secondary N) is 2. The standard InChI is InChI=1S/C40H34N12O4S2/c1-49(2)13-15-57-23-8-12-28-31(19-23)39-45-34-26-10-6-22(52(55)56)18-30(26)38(43-34)48-40-32-20-24(58-16-14-50(3)4)7-11-27(32)35(46-40)41-33-25-9-5-21(51(53)54)17-29(25)37(42-33)44-36(28)47-39/h5-12,17-20H,13-16H2,1-4H3,(H2,41,42,43,44,45,46,47,48). The number of aromatic nitrogens is 8. The van der Waals surface area contributed by atoms with Crippen molar-refractivity contribution in [3.05, 3.63) is 93.0 Å². The number of fused-ring (bicyclic) bond motifs is 20. The zero-order valence-electron chi connectivity index (χ0n) is 31.7. The predicted octanol–water partition coefficient (Wildman–Crippen LogP) is 7.99. The normalized spacial score (nSPS) is 12.1. The van der Waals surface area contributed by atoms with Crippen molar-refractivity contribution in [3.8, 4) is 45.6 Å². The van der Waals surface area contributed by atoms with Crippen molar-refractivity contribution in [3.63, 3.8) is 0 Å². The fourth-order valence-electron chi connectivity index (χ4n) is 6.83. The van der Waals surface area contributed by atoms with Crippen molar-refractivity contribution in [1.82, 2.24) is 49.7 Å². The molecule has 8 bridgehead atoms. The minimum Gasteiger partial charge on any atom is -0.324 e. The van der Waals surface area contributed by atoms with Gasteiger partial charge in [-0.3, -0.25) is 20.2 Å². The number of benzene rings is 4. The molecule has 0 saturated carbocycles. The fourth-order valence-corrected chi connectivity index (χ4v) is 8.94. The Kier molecular flexibility index (Phi) is 9.55. The average molecular weight is 811 g/mol. The highest BCUT2D eigenvalue weighted by molar-refractivity contribution is 7.99. The van der Waals surface area contributed by atoms with Crippen molar-refractivity contribution in [2.24, 2.45) is 0 Å². The molecule has 18 heteroatoms. The molecule has 290 valence electrons. The number of hydrogen-bond donors (Lipinski definition) is 2. The zero-order chi connectivity index (χ0) is 40.2. The highest BCUT2D eigenvalue weighted by atomic mass is 32.2. The Bertz CT molecular complexity index is 3020. The van der Waals surface area contributed by atoms with E-state index in [4.69, 9.17) is 29.9 Å². The van der Waals surface area contributed by atoms with Crippen LogP contribution in [0, 0.1) is 20.2 Å². The molecule has 3 aromatic heterocycles. The van der Waals surface area contributed by atoms with Crippen LogP contribution in [0.25, 0.3) is 89.7 Å². The summed E-state index contributed by atoms with van der Waals surface area (Å²) in [7, 11) is 8.12. The van der Waals surface area contributed by atoms with Gasteiger partial charge in [0.15, 0.2) is 23.3 Å². The molecule has 4 aromatic carbocycles. The van der Waals surface area contributed by atoms with Gasteiger partial charge in [0.1, 0.15) is 22.6 Å². The summed E-state index contributed by atoms with van der Waals surface area (Å²) in [5.41, 5.74) is 3.66. The third-order valence-electron chi connectivity index (χ3n) is 9.78. The van der Waals surface area contributed by atoms with Crippen LogP contribution in [-0.2, 0) is 0 Å². The molecule has 0 aliphatic carbocycles. The topological polar surface area (TPSA) is 202 Å². The number of rotatable bonds is 10. The molecule has 0 unspecified atom stereocenters. The first-order valence-corrected chi connectivity index (χ1v) is 20.2. The molecule has 58 heavy (non-hydrogen) atoms. The van der Waals surface area contributed by atoms with Crippen LogP contribution < -0.4 is 0 Å². The summed E-state index contributed by atoms with van der Waals surface area (Å²) in [6.45, 7) is 1.77. The molecule has 2 N–H and O–H groups in total. The van der Waals surface area contributed by atoms with Crippen molar-refractivity contribution in [2.75, 3.05) is 52.8 Å². The van der Waals surface area contributed by atoms with E-state index in [1.165, 1.54) is 24.3 Å². The lowest BCUT2D eigenvalue weighted by Gasteiger charge is -2.08. The number of H-pyrrole nitrogens is 2. The third-order valence-corrected chi connectivity index (χ3v) is 11.7. The number of thioether (sulfide) groups is 2. The second-order valence-corrected chi connectivity index (χ2v) is 16.6. The molecular formula is C40H34N12O4S2. The summed E-state index contributed by atoms with van der Waals surface area (Å²) in [6, 6.07) is 21.2. The van der Waals surface area contributed by atoms with E-state index in [0.717, 1.165) is 55.9 Å². The van der Waals surface area contributed by atoms with Gasteiger partial charge < -0.3 is 19.8 Å². The van der Waals surface area contributed by atoms with Crippen LogP contribution in [0.1, 0.15) is 0 Å². The van der Waals surface area contributed by atoms with Crippen molar-refractivity contribution in [1.29, 1.82) is 0 Å². The molecular weight excluding hydrogens is 777 g/mol. The van der Waals surface area contributed by atoms with Crippen molar-refractivity contribution in [2.45, 2.75) is 9.79 Å². The van der Waals surface area contributed by atoms with E-state index in [1.54, 1.807) is 35.7 Å². The molecule has 5 heterocycles. The molecule has 0 atom stereocenters. The van der Waals surface area contributed by atoms with Gasteiger partial charge in [0, 0.05) is 102 Å². The van der Waals surface area contributed by atoms with Crippen LogP contribution in [0.15, 0.2) is 82.6 Å². The van der Waals surface area contributed by atoms with Crippen LogP contribution in [0.3, 0.4) is 0 Å². The van der Waals surface area contributed by atoms with E-state index in [1.807, 2.05) is 64.6 Å². The number of aromatic amines is 2. The first-order chi connectivity index (χ1) is 28.0. The minimum atomic E-state index is -0.445. The third kappa shape index (κ3) is 6.99. The van der Waals surface area contributed by atoms with Crippen LogP contribution in [0.2, 0.25) is 0 Å². The monoisotopic (exact) mass is 810 g/mol. The van der Waals surface area contributed by atoms with Gasteiger partial charge in [-0.15, -0.1) is 23.5 Å². The molecule has 0 saturated heterocycles. The van der Waals surface area contributed by atoms with Crippen LogP contribution in [0.4, 0.5) is 11.4 Å². The van der Waals surface area contributed by atoms with Crippen LogP contribution in [-0.4, -0.2) is 112 Å². The van der Waals surface area contributed by atoms with Gasteiger partial charge in [0.2, 0.25) is 0 Å². The van der Waals surface area contributed by atoms with E-state index in [9.17, 15) is 20.2 Å². The van der Waals surface area contributed by atoms with Gasteiger partial charge in [-0.25, -0.2) is 29.9 Å². The van der Waals surface area contributed by atoms with E-state index in [0.29, 0.717) is 56.5 Å². The van der Waals surface area contributed by atoms with Gasteiger partial charge in [-0.2, -0.15) is 0 Å². The van der Waals surface area contributed by atoms with Gasteiger partial charge in [0.05, 0.1) is 9.85 Å².